The predicted molar refractivity (Wildman–Crippen MR) is 42.2 cm³/mol. The van der Waals surface area contributed by atoms with Crippen LogP contribution in [0.2, 0.25) is 0 Å². The third-order valence-corrected chi connectivity index (χ3v) is 2.07. The molecule has 0 aromatic carbocycles. The molecule has 0 radical (unpaired) electrons. The van der Waals surface area contributed by atoms with E-state index in [9.17, 15) is 0 Å². The fourth-order valence-corrected chi connectivity index (χ4v) is 1.66. The Morgan fingerprint density at radius 2 is 2.50 bits per heavy atom. The zero-order valence-electron chi connectivity index (χ0n) is 6.16. The Kier molecular flexibility index (Phi) is 2.40. The third kappa shape index (κ3) is 2.08. The summed E-state index contributed by atoms with van der Waals surface area (Å²) < 4.78 is 4.10. The summed E-state index contributed by atoms with van der Waals surface area (Å²) in [6.07, 6.45) is 0.478. The fraction of sp³-hybridized carbons (Fsp3) is 0.571. The van der Waals surface area contributed by atoms with Crippen molar-refractivity contribution in [1.29, 1.82) is 0 Å². The Morgan fingerprint density at radius 1 is 1.80 bits per heavy atom. The Bertz CT molecular complexity index is 207. The molecule has 0 aliphatic rings. The third-order valence-electron chi connectivity index (χ3n) is 1.17. The van der Waals surface area contributed by atoms with Gasteiger partial charge in [-0.25, -0.2) is 0 Å². The van der Waals surface area contributed by atoms with Gasteiger partial charge in [-0.1, -0.05) is 0 Å². The second-order valence-electron chi connectivity index (χ2n) is 2.49. The first-order valence-corrected chi connectivity index (χ1v) is 4.06. The summed E-state index contributed by atoms with van der Waals surface area (Å²) in [7, 11) is 0. The number of hydrogen-bond donors (Lipinski definition) is 1. The van der Waals surface area contributed by atoms with Crippen molar-refractivity contribution in [2.75, 3.05) is 0 Å². The van der Waals surface area contributed by atoms with Gasteiger partial charge >= 0.3 is 0 Å². The van der Waals surface area contributed by atoms with E-state index in [0.717, 1.165) is 17.0 Å². The number of rotatable bonds is 2. The van der Waals surface area contributed by atoms with Crippen molar-refractivity contribution in [3.63, 3.8) is 0 Å². The largest absolute Gasteiger partial charge is 0.393 e. The SMILES string of the molecule is Cc1cc(CC(C)O)sn1. The van der Waals surface area contributed by atoms with Crippen LogP contribution in [0.4, 0.5) is 0 Å². The molecule has 1 aromatic heterocycles. The van der Waals surface area contributed by atoms with Gasteiger partial charge in [-0.05, 0) is 31.4 Å². The van der Waals surface area contributed by atoms with Crippen molar-refractivity contribution in [3.05, 3.63) is 16.6 Å². The molecule has 0 bridgehead atoms. The normalized spacial score (nSPS) is 13.5. The highest BCUT2D eigenvalue weighted by Gasteiger charge is 2.01. The van der Waals surface area contributed by atoms with Gasteiger partial charge in [-0.15, -0.1) is 0 Å². The Hall–Kier alpha value is -0.410. The summed E-state index contributed by atoms with van der Waals surface area (Å²) in [5.41, 5.74) is 1.04. The van der Waals surface area contributed by atoms with E-state index in [0.29, 0.717) is 0 Å². The molecule has 1 atom stereocenters. The molecule has 0 saturated heterocycles. The van der Waals surface area contributed by atoms with Crippen LogP contribution < -0.4 is 0 Å². The number of aryl methyl sites for hydroxylation is 1. The van der Waals surface area contributed by atoms with Crippen LogP contribution >= 0.6 is 11.5 Å². The average molecular weight is 157 g/mol. The lowest BCUT2D eigenvalue weighted by atomic mass is 10.2. The quantitative estimate of drug-likeness (QED) is 0.703. The highest BCUT2D eigenvalue weighted by molar-refractivity contribution is 7.05. The van der Waals surface area contributed by atoms with Crippen LogP contribution in [-0.2, 0) is 6.42 Å². The molecule has 0 saturated carbocycles. The summed E-state index contributed by atoms with van der Waals surface area (Å²) in [5, 5.41) is 8.99. The van der Waals surface area contributed by atoms with Gasteiger partial charge in [-0.2, -0.15) is 4.37 Å². The standard InChI is InChI=1S/C7H11NOS/c1-5-3-7(10-8-5)4-6(2)9/h3,6,9H,4H2,1-2H3. The smallest absolute Gasteiger partial charge is 0.0560 e. The maximum Gasteiger partial charge on any atom is 0.0560 e. The van der Waals surface area contributed by atoms with Gasteiger partial charge in [0, 0.05) is 11.3 Å². The number of hydrogen-bond acceptors (Lipinski definition) is 3. The molecule has 0 amide bonds. The first-order valence-electron chi connectivity index (χ1n) is 3.29. The van der Waals surface area contributed by atoms with E-state index in [1.807, 2.05) is 13.0 Å². The average Bonchev–Trinajstić information content (AvgIpc) is 2.13. The second kappa shape index (κ2) is 3.12. The second-order valence-corrected chi connectivity index (χ2v) is 3.38. The Labute approximate surface area is 64.7 Å². The summed E-state index contributed by atoms with van der Waals surface area (Å²) in [6, 6.07) is 2.01. The highest BCUT2D eigenvalue weighted by atomic mass is 32.1. The van der Waals surface area contributed by atoms with Crippen LogP contribution in [-0.4, -0.2) is 15.6 Å². The molecule has 0 spiro atoms. The molecule has 1 aromatic rings. The minimum absolute atomic E-state index is 0.250. The molecular weight excluding hydrogens is 146 g/mol. The minimum Gasteiger partial charge on any atom is -0.393 e. The van der Waals surface area contributed by atoms with Crippen LogP contribution in [0.15, 0.2) is 6.07 Å². The summed E-state index contributed by atoms with van der Waals surface area (Å²) in [4.78, 5) is 1.16. The van der Waals surface area contributed by atoms with E-state index < -0.39 is 0 Å². The van der Waals surface area contributed by atoms with E-state index in [2.05, 4.69) is 4.37 Å². The molecule has 1 heterocycles. The molecule has 0 aliphatic carbocycles. The summed E-state index contributed by atoms with van der Waals surface area (Å²) in [6.45, 7) is 3.75. The summed E-state index contributed by atoms with van der Waals surface area (Å²) in [5.74, 6) is 0. The molecule has 0 fully saturated rings. The lowest BCUT2D eigenvalue weighted by Gasteiger charge is -1.97. The van der Waals surface area contributed by atoms with Crippen LogP contribution in [0.1, 0.15) is 17.5 Å². The Balaban J connectivity index is 2.58. The van der Waals surface area contributed by atoms with Gasteiger partial charge in [0.15, 0.2) is 0 Å². The number of aliphatic hydroxyl groups excluding tert-OH is 1. The van der Waals surface area contributed by atoms with Gasteiger partial charge < -0.3 is 5.11 Å². The Morgan fingerprint density at radius 3 is 2.90 bits per heavy atom. The van der Waals surface area contributed by atoms with Gasteiger partial charge in [0.2, 0.25) is 0 Å². The first-order chi connectivity index (χ1) is 4.68. The summed E-state index contributed by atoms with van der Waals surface area (Å²) >= 11 is 1.47. The van der Waals surface area contributed by atoms with Crippen molar-refractivity contribution in [2.45, 2.75) is 26.4 Å². The predicted octanol–water partition coefficient (Wildman–Crippen LogP) is 1.37. The van der Waals surface area contributed by atoms with E-state index >= 15 is 0 Å². The lowest BCUT2D eigenvalue weighted by Crippen LogP contribution is -2.01. The van der Waals surface area contributed by atoms with Crippen LogP contribution in [0.25, 0.3) is 0 Å². The number of aliphatic hydroxyl groups is 1. The molecular formula is C7H11NOS. The maximum absolute atomic E-state index is 8.99. The number of aromatic nitrogens is 1. The van der Waals surface area contributed by atoms with Crippen molar-refractivity contribution in [1.82, 2.24) is 4.37 Å². The first kappa shape index (κ1) is 7.69. The molecule has 10 heavy (non-hydrogen) atoms. The van der Waals surface area contributed by atoms with E-state index in [4.69, 9.17) is 5.11 Å². The molecule has 1 rings (SSSR count). The molecule has 1 unspecified atom stereocenters. The van der Waals surface area contributed by atoms with Crippen LogP contribution in [0.3, 0.4) is 0 Å². The van der Waals surface area contributed by atoms with Crippen molar-refractivity contribution >= 4 is 11.5 Å². The highest BCUT2D eigenvalue weighted by Crippen LogP contribution is 2.10. The topological polar surface area (TPSA) is 33.1 Å². The molecule has 2 nitrogen and oxygen atoms in total. The van der Waals surface area contributed by atoms with E-state index in [1.165, 1.54) is 11.5 Å². The maximum atomic E-state index is 8.99. The van der Waals surface area contributed by atoms with Gasteiger partial charge in [-0.3, -0.25) is 0 Å². The van der Waals surface area contributed by atoms with Gasteiger partial charge in [0.05, 0.1) is 11.8 Å². The minimum atomic E-state index is -0.250. The van der Waals surface area contributed by atoms with Gasteiger partial charge in [0.1, 0.15) is 0 Å². The van der Waals surface area contributed by atoms with Gasteiger partial charge in [0.25, 0.3) is 0 Å². The van der Waals surface area contributed by atoms with Crippen LogP contribution in [0.5, 0.6) is 0 Å². The fourth-order valence-electron chi connectivity index (χ4n) is 0.804. The van der Waals surface area contributed by atoms with Crippen molar-refractivity contribution in [3.8, 4) is 0 Å². The zero-order chi connectivity index (χ0) is 7.56. The lowest BCUT2D eigenvalue weighted by molar-refractivity contribution is 0.196. The molecule has 1 N–H and O–H groups in total. The van der Waals surface area contributed by atoms with Crippen LogP contribution in [0, 0.1) is 6.92 Å². The monoisotopic (exact) mass is 157 g/mol. The number of nitrogens with zero attached hydrogens (tertiary/aromatic N) is 1. The van der Waals surface area contributed by atoms with Crippen molar-refractivity contribution < 1.29 is 5.11 Å². The van der Waals surface area contributed by atoms with E-state index in [1.54, 1.807) is 6.92 Å². The molecule has 3 heteroatoms. The molecule has 0 aliphatic heterocycles. The molecule has 56 valence electrons. The zero-order valence-corrected chi connectivity index (χ0v) is 6.98. The van der Waals surface area contributed by atoms with Crippen molar-refractivity contribution in [2.24, 2.45) is 0 Å². The van der Waals surface area contributed by atoms with E-state index in [-0.39, 0.29) is 6.10 Å².